The largest absolute Gasteiger partial charge is 0.350 e. The molecule has 2 aromatic heterocycles. The van der Waals surface area contributed by atoms with Crippen molar-refractivity contribution in [2.24, 2.45) is 11.1 Å². The van der Waals surface area contributed by atoms with Gasteiger partial charge in [0, 0.05) is 18.8 Å². The summed E-state index contributed by atoms with van der Waals surface area (Å²) in [6, 6.07) is 5.60. The molecule has 0 aromatic carbocycles. The van der Waals surface area contributed by atoms with E-state index in [1.54, 1.807) is 10.7 Å². The van der Waals surface area contributed by atoms with Gasteiger partial charge in [0.25, 0.3) is 5.91 Å². The Bertz CT molecular complexity index is 597. The fourth-order valence-electron chi connectivity index (χ4n) is 2.29. The van der Waals surface area contributed by atoms with Crippen molar-refractivity contribution in [1.29, 1.82) is 0 Å². The highest BCUT2D eigenvalue weighted by Gasteiger charge is 2.17. The maximum atomic E-state index is 12.2. The van der Waals surface area contributed by atoms with Crippen LogP contribution in [0.25, 0.3) is 5.52 Å². The molecule has 2 heterocycles. The molecule has 20 heavy (non-hydrogen) atoms. The molecule has 0 aliphatic rings. The van der Waals surface area contributed by atoms with Gasteiger partial charge < -0.3 is 11.1 Å². The van der Waals surface area contributed by atoms with E-state index in [4.69, 9.17) is 5.73 Å². The van der Waals surface area contributed by atoms with Crippen LogP contribution in [-0.2, 0) is 0 Å². The Morgan fingerprint density at radius 3 is 2.90 bits per heavy atom. The lowest BCUT2D eigenvalue weighted by atomic mass is 9.88. The van der Waals surface area contributed by atoms with Crippen molar-refractivity contribution in [2.75, 3.05) is 6.54 Å². The third-order valence-corrected chi connectivity index (χ3v) is 3.07. The smallest absolute Gasteiger partial charge is 0.255 e. The predicted molar refractivity (Wildman–Crippen MR) is 79.6 cm³/mol. The summed E-state index contributed by atoms with van der Waals surface area (Å²) in [6.45, 7) is 6.89. The van der Waals surface area contributed by atoms with E-state index in [1.165, 1.54) is 0 Å². The Morgan fingerprint density at radius 2 is 2.20 bits per heavy atom. The van der Waals surface area contributed by atoms with Crippen LogP contribution in [0.1, 0.15) is 37.6 Å². The van der Waals surface area contributed by atoms with E-state index in [0.717, 1.165) is 11.9 Å². The summed E-state index contributed by atoms with van der Waals surface area (Å²) >= 11 is 0. The first kappa shape index (κ1) is 14.5. The van der Waals surface area contributed by atoms with Gasteiger partial charge in [0.2, 0.25) is 0 Å². The number of rotatable bonds is 4. The molecule has 0 radical (unpaired) electrons. The molecule has 108 valence electrons. The van der Waals surface area contributed by atoms with Crippen molar-refractivity contribution in [1.82, 2.24) is 14.9 Å². The minimum absolute atomic E-state index is 0.0409. The lowest BCUT2D eigenvalue weighted by Gasteiger charge is -2.23. The average Bonchev–Trinajstić information content (AvgIpc) is 2.78. The zero-order chi connectivity index (χ0) is 14.8. The van der Waals surface area contributed by atoms with Gasteiger partial charge in [0.05, 0.1) is 17.3 Å². The van der Waals surface area contributed by atoms with Crippen LogP contribution in [0.4, 0.5) is 0 Å². The highest BCUT2D eigenvalue weighted by atomic mass is 16.1. The molecule has 0 aliphatic heterocycles. The molecule has 0 aliphatic carbocycles. The number of carbonyl (C=O) groups excluding carboxylic acids is 1. The second-order valence-corrected chi connectivity index (χ2v) is 6.32. The maximum Gasteiger partial charge on any atom is 0.255 e. The van der Waals surface area contributed by atoms with Crippen LogP contribution in [-0.4, -0.2) is 28.1 Å². The van der Waals surface area contributed by atoms with Gasteiger partial charge in [0.15, 0.2) is 0 Å². The number of carbonyl (C=O) groups is 1. The van der Waals surface area contributed by atoms with E-state index >= 15 is 0 Å². The van der Waals surface area contributed by atoms with Crippen LogP contribution in [0.5, 0.6) is 0 Å². The summed E-state index contributed by atoms with van der Waals surface area (Å²) < 4.78 is 1.68. The molecule has 5 heteroatoms. The summed E-state index contributed by atoms with van der Waals surface area (Å²) in [7, 11) is 0. The molecule has 0 saturated carbocycles. The van der Waals surface area contributed by atoms with E-state index in [9.17, 15) is 4.79 Å². The first-order chi connectivity index (χ1) is 9.37. The third-order valence-electron chi connectivity index (χ3n) is 3.07. The van der Waals surface area contributed by atoms with Gasteiger partial charge in [-0.3, -0.25) is 4.79 Å². The zero-order valence-electron chi connectivity index (χ0n) is 12.3. The van der Waals surface area contributed by atoms with Crippen molar-refractivity contribution in [3.05, 3.63) is 36.2 Å². The molecular weight excluding hydrogens is 252 g/mol. The number of nitrogens with one attached hydrogen (secondary N) is 1. The molecule has 0 fully saturated rings. The number of pyridine rings is 1. The third kappa shape index (κ3) is 3.57. The van der Waals surface area contributed by atoms with Crippen LogP contribution in [0.3, 0.4) is 0 Å². The molecule has 0 spiro atoms. The van der Waals surface area contributed by atoms with Gasteiger partial charge in [-0.15, -0.1) is 0 Å². The summed E-state index contributed by atoms with van der Waals surface area (Å²) in [5, 5.41) is 7.03. The number of nitrogens with two attached hydrogens (primary N) is 1. The van der Waals surface area contributed by atoms with Gasteiger partial charge in [-0.2, -0.15) is 5.10 Å². The Balaban J connectivity index is 1.99. The molecule has 1 atom stereocenters. The average molecular weight is 274 g/mol. The summed E-state index contributed by atoms with van der Waals surface area (Å²) in [6.07, 6.45) is 4.26. The minimum atomic E-state index is -0.129. The number of hydrogen-bond donors (Lipinski definition) is 2. The second kappa shape index (κ2) is 5.63. The standard InChI is InChI=1S/C15H22N4O/c1-15(2,3)8-11(16)9-17-14(20)12-10-18-19-7-5-4-6-13(12)19/h4-7,10-11H,8-9,16H2,1-3H3,(H,17,20). The first-order valence-corrected chi connectivity index (χ1v) is 6.83. The molecular formula is C15H22N4O. The lowest BCUT2D eigenvalue weighted by Crippen LogP contribution is -2.39. The van der Waals surface area contributed by atoms with E-state index in [1.807, 2.05) is 24.4 Å². The van der Waals surface area contributed by atoms with Crippen molar-refractivity contribution in [2.45, 2.75) is 33.2 Å². The molecule has 5 nitrogen and oxygen atoms in total. The van der Waals surface area contributed by atoms with Crippen LogP contribution in [0, 0.1) is 5.41 Å². The van der Waals surface area contributed by atoms with Gasteiger partial charge in [0.1, 0.15) is 0 Å². The van der Waals surface area contributed by atoms with E-state index < -0.39 is 0 Å². The van der Waals surface area contributed by atoms with E-state index in [2.05, 4.69) is 31.2 Å². The number of nitrogens with zero attached hydrogens (tertiary/aromatic N) is 2. The Morgan fingerprint density at radius 1 is 1.45 bits per heavy atom. The highest BCUT2D eigenvalue weighted by Crippen LogP contribution is 2.19. The quantitative estimate of drug-likeness (QED) is 0.893. The lowest BCUT2D eigenvalue weighted by molar-refractivity contribution is 0.0950. The van der Waals surface area contributed by atoms with Gasteiger partial charge >= 0.3 is 0 Å². The van der Waals surface area contributed by atoms with Crippen LogP contribution in [0.15, 0.2) is 30.6 Å². The number of aromatic nitrogens is 2. The normalized spacial score (nSPS) is 13.4. The predicted octanol–water partition coefficient (Wildman–Crippen LogP) is 1.83. The minimum Gasteiger partial charge on any atom is -0.350 e. The second-order valence-electron chi connectivity index (χ2n) is 6.32. The molecule has 1 unspecified atom stereocenters. The Hall–Kier alpha value is -1.88. The van der Waals surface area contributed by atoms with Crippen molar-refractivity contribution in [3.63, 3.8) is 0 Å². The molecule has 2 aromatic rings. The number of fused-ring (bicyclic) bond motifs is 1. The molecule has 0 bridgehead atoms. The topological polar surface area (TPSA) is 72.4 Å². The first-order valence-electron chi connectivity index (χ1n) is 6.83. The van der Waals surface area contributed by atoms with Gasteiger partial charge in [-0.1, -0.05) is 26.8 Å². The summed E-state index contributed by atoms with van der Waals surface area (Å²) in [5.41, 5.74) is 7.58. The molecule has 2 rings (SSSR count). The fourth-order valence-corrected chi connectivity index (χ4v) is 2.29. The molecule has 3 N–H and O–H groups in total. The van der Waals surface area contributed by atoms with Crippen LogP contribution in [0.2, 0.25) is 0 Å². The summed E-state index contributed by atoms with van der Waals surface area (Å²) in [4.78, 5) is 12.2. The number of hydrogen-bond acceptors (Lipinski definition) is 3. The van der Waals surface area contributed by atoms with Crippen molar-refractivity contribution < 1.29 is 4.79 Å². The molecule has 1 amide bonds. The molecule has 0 saturated heterocycles. The van der Waals surface area contributed by atoms with Crippen molar-refractivity contribution >= 4 is 11.4 Å². The Kier molecular flexibility index (Phi) is 4.09. The van der Waals surface area contributed by atoms with Gasteiger partial charge in [-0.25, -0.2) is 4.52 Å². The highest BCUT2D eigenvalue weighted by molar-refractivity contribution is 6.00. The fraction of sp³-hybridized carbons (Fsp3) is 0.467. The van der Waals surface area contributed by atoms with E-state index in [0.29, 0.717) is 12.1 Å². The van der Waals surface area contributed by atoms with Crippen molar-refractivity contribution in [3.8, 4) is 0 Å². The Labute approximate surface area is 119 Å². The maximum absolute atomic E-state index is 12.2. The van der Waals surface area contributed by atoms with Crippen LogP contribution < -0.4 is 11.1 Å². The SMILES string of the molecule is CC(C)(C)CC(N)CNC(=O)c1cnn2ccccc12. The van der Waals surface area contributed by atoms with Gasteiger partial charge in [-0.05, 0) is 24.0 Å². The monoisotopic (exact) mass is 274 g/mol. The van der Waals surface area contributed by atoms with E-state index in [-0.39, 0.29) is 17.4 Å². The number of amides is 1. The summed E-state index contributed by atoms with van der Waals surface area (Å²) in [5.74, 6) is -0.129. The van der Waals surface area contributed by atoms with Crippen LogP contribution >= 0.6 is 0 Å². The zero-order valence-corrected chi connectivity index (χ0v) is 12.3.